The lowest BCUT2D eigenvalue weighted by molar-refractivity contribution is -0.119. The third kappa shape index (κ3) is 6.27. The number of carbonyl (C=O) groups is 2. The molecule has 0 atom stereocenters. The minimum Gasteiger partial charge on any atom is -0.452 e. The second-order valence-electron chi connectivity index (χ2n) is 9.08. The Morgan fingerprint density at radius 3 is 2.37 bits per heavy atom. The van der Waals surface area contributed by atoms with Crippen molar-refractivity contribution in [1.82, 2.24) is 10.1 Å². The molecule has 1 aromatic heterocycles. The summed E-state index contributed by atoms with van der Waals surface area (Å²) in [4.78, 5) is 29.6. The van der Waals surface area contributed by atoms with E-state index in [-0.39, 0.29) is 12.5 Å². The fraction of sp³-hybridized carbons (Fsp3) is 0.370. The molecular formula is C27H32N4O4. The van der Waals surface area contributed by atoms with Crippen LogP contribution in [0.5, 0.6) is 0 Å². The van der Waals surface area contributed by atoms with Crippen LogP contribution in [-0.2, 0) is 16.1 Å². The Balaban J connectivity index is 1.24. The minimum absolute atomic E-state index is 0.0158. The minimum atomic E-state index is -0.607. The van der Waals surface area contributed by atoms with Crippen LogP contribution >= 0.6 is 0 Å². The van der Waals surface area contributed by atoms with Gasteiger partial charge in [0.25, 0.3) is 5.91 Å². The van der Waals surface area contributed by atoms with Crippen molar-refractivity contribution in [2.45, 2.75) is 33.2 Å². The highest BCUT2D eigenvalue weighted by Crippen LogP contribution is 2.23. The van der Waals surface area contributed by atoms with Crippen LogP contribution in [0.2, 0.25) is 0 Å². The fourth-order valence-corrected chi connectivity index (χ4v) is 4.19. The summed E-state index contributed by atoms with van der Waals surface area (Å²) < 4.78 is 10.4. The van der Waals surface area contributed by atoms with E-state index in [1.54, 1.807) is 6.92 Å². The lowest BCUT2D eigenvalue weighted by atomic mass is 10.1. The maximum Gasteiger partial charge on any atom is 0.344 e. The number of piperazine rings is 1. The van der Waals surface area contributed by atoms with Crippen molar-refractivity contribution in [3.8, 4) is 0 Å². The van der Waals surface area contributed by atoms with E-state index in [0.29, 0.717) is 22.7 Å². The van der Waals surface area contributed by atoms with Gasteiger partial charge in [0.1, 0.15) is 5.56 Å². The standard InChI is InChI=1S/C27H32N4O4/c1-19(2)26-25(20(3)29-35-26)27(33)34-18-24(32)28-22-9-11-23(12-10-22)31-15-13-30(14-16-31)17-21-7-5-4-6-8-21/h4-12,19H,13-18H2,1-3H3,(H,28,32). The number of benzene rings is 2. The summed E-state index contributed by atoms with van der Waals surface area (Å²) in [7, 11) is 0. The summed E-state index contributed by atoms with van der Waals surface area (Å²) >= 11 is 0. The van der Waals surface area contributed by atoms with E-state index < -0.39 is 11.9 Å². The van der Waals surface area contributed by atoms with Crippen molar-refractivity contribution in [1.29, 1.82) is 0 Å². The highest BCUT2D eigenvalue weighted by molar-refractivity contribution is 5.96. The maximum atomic E-state index is 12.4. The molecule has 4 rings (SSSR count). The van der Waals surface area contributed by atoms with E-state index in [4.69, 9.17) is 9.26 Å². The van der Waals surface area contributed by atoms with E-state index in [1.807, 2.05) is 44.2 Å². The second-order valence-corrected chi connectivity index (χ2v) is 9.08. The van der Waals surface area contributed by atoms with Crippen LogP contribution in [-0.4, -0.2) is 54.7 Å². The van der Waals surface area contributed by atoms with Crippen LogP contribution in [0, 0.1) is 6.92 Å². The molecule has 3 aromatic rings. The molecule has 0 unspecified atom stereocenters. The summed E-state index contributed by atoms with van der Waals surface area (Å²) in [5.41, 5.74) is 3.86. The molecule has 2 aromatic carbocycles. The summed E-state index contributed by atoms with van der Waals surface area (Å²) in [6.45, 7) is 9.98. The topological polar surface area (TPSA) is 87.9 Å². The van der Waals surface area contributed by atoms with Crippen LogP contribution in [0.15, 0.2) is 59.1 Å². The van der Waals surface area contributed by atoms with Gasteiger partial charge >= 0.3 is 5.97 Å². The van der Waals surface area contributed by atoms with Gasteiger partial charge in [-0.3, -0.25) is 9.69 Å². The number of hydrogen-bond acceptors (Lipinski definition) is 7. The Bertz CT molecular complexity index is 1130. The normalized spacial score (nSPS) is 14.2. The number of esters is 1. The first-order valence-corrected chi connectivity index (χ1v) is 11.9. The molecule has 1 aliphatic heterocycles. The SMILES string of the molecule is Cc1noc(C(C)C)c1C(=O)OCC(=O)Nc1ccc(N2CCN(Cc3ccccc3)CC2)cc1. The van der Waals surface area contributed by atoms with Crippen molar-refractivity contribution in [2.75, 3.05) is 43.0 Å². The number of nitrogens with one attached hydrogen (secondary N) is 1. The van der Waals surface area contributed by atoms with Gasteiger partial charge in [0.05, 0.1) is 5.69 Å². The molecule has 1 fully saturated rings. The molecule has 1 N–H and O–H groups in total. The number of rotatable bonds is 8. The van der Waals surface area contributed by atoms with Crippen molar-refractivity contribution < 1.29 is 18.8 Å². The fourth-order valence-electron chi connectivity index (χ4n) is 4.19. The number of aryl methyl sites for hydroxylation is 1. The van der Waals surface area contributed by atoms with E-state index in [9.17, 15) is 9.59 Å². The van der Waals surface area contributed by atoms with Gasteiger partial charge in [-0.25, -0.2) is 4.79 Å². The zero-order chi connectivity index (χ0) is 24.8. The monoisotopic (exact) mass is 476 g/mol. The quantitative estimate of drug-likeness (QED) is 0.487. The summed E-state index contributed by atoms with van der Waals surface area (Å²) in [6.07, 6.45) is 0. The highest BCUT2D eigenvalue weighted by atomic mass is 16.5. The molecule has 8 nitrogen and oxygen atoms in total. The van der Waals surface area contributed by atoms with E-state index in [2.05, 4.69) is 44.5 Å². The van der Waals surface area contributed by atoms with Crippen LogP contribution < -0.4 is 10.2 Å². The average Bonchev–Trinajstić information content (AvgIpc) is 3.26. The van der Waals surface area contributed by atoms with Crippen LogP contribution in [0.4, 0.5) is 11.4 Å². The molecule has 0 bridgehead atoms. The van der Waals surface area contributed by atoms with Gasteiger partial charge in [-0.15, -0.1) is 0 Å². The number of carbonyl (C=O) groups excluding carboxylic acids is 2. The average molecular weight is 477 g/mol. The molecule has 0 spiro atoms. The Labute approximate surface area is 205 Å². The van der Waals surface area contributed by atoms with E-state index in [0.717, 1.165) is 38.4 Å². The highest BCUT2D eigenvalue weighted by Gasteiger charge is 2.24. The molecule has 1 saturated heterocycles. The lowest BCUT2D eigenvalue weighted by Crippen LogP contribution is -2.45. The van der Waals surface area contributed by atoms with Crippen LogP contribution in [0.1, 0.15) is 47.1 Å². The van der Waals surface area contributed by atoms with Gasteiger partial charge in [-0.2, -0.15) is 0 Å². The predicted octanol–water partition coefficient (Wildman–Crippen LogP) is 4.22. The molecule has 1 aliphatic rings. The zero-order valence-corrected chi connectivity index (χ0v) is 20.5. The van der Waals surface area contributed by atoms with Gasteiger partial charge in [0, 0.05) is 50.0 Å². The van der Waals surface area contributed by atoms with Gasteiger partial charge in [-0.05, 0) is 36.8 Å². The number of anilines is 2. The smallest absolute Gasteiger partial charge is 0.344 e. The molecule has 0 aliphatic carbocycles. The summed E-state index contributed by atoms with van der Waals surface area (Å²) in [6, 6.07) is 18.3. The van der Waals surface area contributed by atoms with Gasteiger partial charge < -0.3 is 19.5 Å². The van der Waals surface area contributed by atoms with Crippen molar-refractivity contribution in [2.24, 2.45) is 0 Å². The van der Waals surface area contributed by atoms with Crippen molar-refractivity contribution >= 4 is 23.3 Å². The number of nitrogens with zero attached hydrogens (tertiary/aromatic N) is 3. The molecule has 8 heteroatoms. The number of aromatic nitrogens is 1. The van der Waals surface area contributed by atoms with E-state index >= 15 is 0 Å². The number of ether oxygens (including phenoxy) is 1. The van der Waals surface area contributed by atoms with Gasteiger partial charge in [0.15, 0.2) is 12.4 Å². The molecule has 184 valence electrons. The first-order chi connectivity index (χ1) is 16.9. The molecule has 35 heavy (non-hydrogen) atoms. The molecule has 0 saturated carbocycles. The van der Waals surface area contributed by atoms with Crippen LogP contribution in [0.3, 0.4) is 0 Å². The third-order valence-corrected chi connectivity index (χ3v) is 6.09. The molecular weight excluding hydrogens is 444 g/mol. The number of amides is 1. The Morgan fingerprint density at radius 1 is 1.03 bits per heavy atom. The summed E-state index contributed by atoms with van der Waals surface area (Å²) in [5.74, 6) is -0.562. The second kappa shape index (κ2) is 11.2. The van der Waals surface area contributed by atoms with E-state index in [1.165, 1.54) is 5.56 Å². The molecule has 0 radical (unpaired) electrons. The van der Waals surface area contributed by atoms with Gasteiger partial charge in [-0.1, -0.05) is 49.3 Å². The zero-order valence-electron chi connectivity index (χ0n) is 20.5. The Kier molecular flexibility index (Phi) is 7.82. The number of hydrogen-bond donors (Lipinski definition) is 1. The van der Waals surface area contributed by atoms with Gasteiger partial charge in [0.2, 0.25) is 0 Å². The molecule has 2 heterocycles. The van der Waals surface area contributed by atoms with Crippen molar-refractivity contribution in [3.05, 3.63) is 77.2 Å². The molecule has 1 amide bonds. The van der Waals surface area contributed by atoms with Crippen LogP contribution in [0.25, 0.3) is 0 Å². The summed E-state index contributed by atoms with van der Waals surface area (Å²) in [5, 5.41) is 6.62. The maximum absolute atomic E-state index is 12.4. The Hall–Kier alpha value is -3.65. The predicted molar refractivity (Wildman–Crippen MR) is 135 cm³/mol. The Morgan fingerprint density at radius 2 is 1.71 bits per heavy atom. The largest absolute Gasteiger partial charge is 0.452 e. The first kappa shape index (κ1) is 24.5. The van der Waals surface area contributed by atoms with Crippen molar-refractivity contribution in [3.63, 3.8) is 0 Å². The third-order valence-electron chi connectivity index (χ3n) is 6.09. The lowest BCUT2D eigenvalue weighted by Gasteiger charge is -2.36. The first-order valence-electron chi connectivity index (χ1n) is 11.9.